The van der Waals surface area contributed by atoms with Gasteiger partial charge in [0, 0.05) is 25.0 Å². The summed E-state index contributed by atoms with van der Waals surface area (Å²) in [7, 11) is 0. The lowest BCUT2D eigenvalue weighted by molar-refractivity contribution is -0.142. The van der Waals surface area contributed by atoms with Gasteiger partial charge in [0.1, 0.15) is 6.04 Å². The van der Waals surface area contributed by atoms with E-state index in [-0.39, 0.29) is 16.1 Å². The molecule has 1 atom stereocenters. The summed E-state index contributed by atoms with van der Waals surface area (Å²) in [6, 6.07) is 1.04. The van der Waals surface area contributed by atoms with E-state index in [9.17, 15) is 18.0 Å². The molecule has 0 fully saturated rings. The third-order valence-corrected chi connectivity index (χ3v) is 4.82. The molecule has 2 aromatic heterocycles. The molecule has 0 radical (unpaired) electrons. The number of aromatic nitrogens is 4. The lowest BCUT2D eigenvalue weighted by atomic mass is 10.3. The van der Waals surface area contributed by atoms with Gasteiger partial charge in [0.25, 0.3) is 0 Å². The Morgan fingerprint density at radius 1 is 1.40 bits per heavy atom. The lowest BCUT2D eigenvalue weighted by Gasteiger charge is -2.14. The molecule has 1 N–H and O–H groups in total. The molecule has 0 spiro atoms. The van der Waals surface area contributed by atoms with Crippen molar-refractivity contribution in [3.8, 4) is 0 Å². The van der Waals surface area contributed by atoms with Crippen molar-refractivity contribution in [3.63, 3.8) is 0 Å². The lowest BCUT2D eigenvalue weighted by Crippen LogP contribution is -2.33. The van der Waals surface area contributed by atoms with Crippen LogP contribution >= 0.6 is 15.9 Å². The van der Waals surface area contributed by atoms with Crippen molar-refractivity contribution in [2.24, 2.45) is 0 Å². The van der Waals surface area contributed by atoms with Crippen LogP contribution in [0, 0.1) is 13.8 Å². The van der Waals surface area contributed by atoms with Crippen LogP contribution in [0.2, 0.25) is 0 Å². The molecule has 0 aliphatic heterocycles. The van der Waals surface area contributed by atoms with Crippen LogP contribution in [0.15, 0.2) is 16.7 Å². The van der Waals surface area contributed by atoms with Gasteiger partial charge in [-0.1, -0.05) is 0 Å². The van der Waals surface area contributed by atoms with Gasteiger partial charge in [-0.25, -0.2) is 0 Å². The summed E-state index contributed by atoms with van der Waals surface area (Å²) in [5.41, 5.74) is 0.248. The van der Waals surface area contributed by atoms with Crippen LogP contribution in [0.3, 0.4) is 0 Å². The van der Waals surface area contributed by atoms with Gasteiger partial charge in [-0.15, -0.1) is 0 Å². The minimum absolute atomic E-state index is 0.145. The summed E-state index contributed by atoms with van der Waals surface area (Å²) >= 11 is 2.90. The number of amides is 1. The van der Waals surface area contributed by atoms with Crippen LogP contribution < -0.4 is 5.32 Å². The fraction of sp³-hybridized carbons (Fsp3) is 0.533. The van der Waals surface area contributed by atoms with Gasteiger partial charge in [-0.05, 0) is 49.2 Å². The predicted octanol–water partition coefficient (Wildman–Crippen LogP) is 3.25. The van der Waals surface area contributed by atoms with Crippen LogP contribution in [0.1, 0.15) is 36.5 Å². The number of carbonyl (C=O) groups excluding carboxylic acids is 1. The Kier molecular flexibility index (Phi) is 5.91. The largest absolute Gasteiger partial charge is 0.436 e. The topological polar surface area (TPSA) is 64.7 Å². The Hall–Kier alpha value is -1.84. The predicted molar refractivity (Wildman–Crippen MR) is 89.0 cm³/mol. The second-order valence-corrected chi connectivity index (χ2v) is 6.50. The van der Waals surface area contributed by atoms with Crippen LogP contribution in [0.5, 0.6) is 0 Å². The summed E-state index contributed by atoms with van der Waals surface area (Å²) in [6.45, 7) is 5.98. The summed E-state index contributed by atoms with van der Waals surface area (Å²) in [6.07, 6.45) is -2.21. The minimum atomic E-state index is -4.58. The van der Waals surface area contributed by atoms with Crippen molar-refractivity contribution in [1.29, 1.82) is 0 Å². The van der Waals surface area contributed by atoms with Crippen molar-refractivity contribution in [3.05, 3.63) is 33.8 Å². The van der Waals surface area contributed by atoms with Gasteiger partial charge in [0.15, 0.2) is 5.69 Å². The summed E-state index contributed by atoms with van der Waals surface area (Å²) in [5.74, 6) is -0.385. The van der Waals surface area contributed by atoms with Crippen molar-refractivity contribution in [2.75, 3.05) is 6.54 Å². The first-order valence-corrected chi connectivity index (χ1v) is 8.50. The van der Waals surface area contributed by atoms with Crippen molar-refractivity contribution >= 4 is 21.8 Å². The molecule has 2 rings (SSSR count). The van der Waals surface area contributed by atoms with Crippen LogP contribution in [0.25, 0.3) is 0 Å². The van der Waals surface area contributed by atoms with E-state index in [1.165, 1.54) is 13.8 Å². The second-order valence-electron chi connectivity index (χ2n) is 5.71. The SMILES string of the molecule is Cc1ccnn1CCCNC(=O)C(C)n1nc(C(F)(F)F)c(Br)c1C. The number of hydrogen-bond acceptors (Lipinski definition) is 3. The molecule has 0 aliphatic rings. The number of halogens is 4. The molecule has 0 bridgehead atoms. The highest BCUT2D eigenvalue weighted by Crippen LogP contribution is 2.36. The Balaban J connectivity index is 1.95. The van der Waals surface area contributed by atoms with Gasteiger partial charge in [0.05, 0.1) is 10.2 Å². The summed E-state index contributed by atoms with van der Waals surface area (Å²) in [4.78, 5) is 12.2. The molecule has 1 amide bonds. The fourth-order valence-electron chi connectivity index (χ4n) is 2.39. The highest BCUT2D eigenvalue weighted by molar-refractivity contribution is 9.10. The monoisotopic (exact) mass is 421 g/mol. The van der Waals surface area contributed by atoms with Crippen molar-refractivity contribution in [1.82, 2.24) is 24.9 Å². The van der Waals surface area contributed by atoms with E-state index in [4.69, 9.17) is 0 Å². The molecule has 0 saturated carbocycles. The van der Waals surface area contributed by atoms with Crippen LogP contribution in [-0.2, 0) is 17.5 Å². The normalized spacial score (nSPS) is 13.1. The van der Waals surface area contributed by atoms with Crippen LogP contribution in [-0.4, -0.2) is 32.0 Å². The zero-order valence-electron chi connectivity index (χ0n) is 14.1. The Morgan fingerprint density at radius 2 is 2.08 bits per heavy atom. The highest BCUT2D eigenvalue weighted by atomic mass is 79.9. The van der Waals surface area contributed by atoms with Gasteiger partial charge in [0.2, 0.25) is 5.91 Å². The molecule has 1 unspecified atom stereocenters. The van der Waals surface area contributed by atoms with Gasteiger partial charge >= 0.3 is 6.18 Å². The van der Waals surface area contributed by atoms with Gasteiger partial charge < -0.3 is 5.32 Å². The molecule has 0 saturated heterocycles. The molecule has 0 aromatic carbocycles. The third-order valence-electron chi connectivity index (χ3n) is 3.87. The summed E-state index contributed by atoms with van der Waals surface area (Å²) in [5, 5.41) is 10.4. The summed E-state index contributed by atoms with van der Waals surface area (Å²) < 4.78 is 41.5. The zero-order chi connectivity index (χ0) is 18.8. The number of carbonyl (C=O) groups is 1. The quantitative estimate of drug-likeness (QED) is 0.728. The average molecular weight is 422 g/mol. The van der Waals surface area contributed by atoms with Gasteiger partial charge in [-0.3, -0.25) is 14.2 Å². The number of alkyl halides is 3. The molecule has 138 valence electrons. The minimum Gasteiger partial charge on any atom is -0.354 e. The van der Waals surface area contributed by atoms with Crippen molar-refractivity contribution < 1.29 is 18.0 Å². The highest BCUT2D eigenvalue weighted by Gasteiger charge is 2.38. The first-order chi connectivity index (χ1) is 11.6. The molecule has 2 heterocycles. The Morgan fingerprint density at radius 3 is 2.60 bits per heavy atom. The first-order valence-electron chi connectivity index (χ1n) is 7.71. The maximum atomic E-state index is 12.9. The Bertz CT molecular complexity index is 753. The van der Waals surface area contributed by atoms with E-state index in [0.717, 1.165) is 10.4 Å². The van der Waals surface area contributed by atoms with E-state index in [0.29, 0.717) is 19.5 Å². The van der Waals surface area contributed by atoms with E-state index in [2.05, 4.69) is 31.4 Å². The van der Waals surface area contributed by atoms with Crippen molar-refractivity contribution in [2.45, 2.75) is 46.0 Å². The number of rotatable bonds is 6. The molecule has 2 aromatic rings. The second kappa shape index (κ2) is 7.59. The van der Waals surface area contributed by atoms with E-state index < -0.39 is 17.9 Å². The molecule has 6 nitrogen and oxygen atoms in total. The molecule has 0 aliphatic carbocycles. The number of aryl methyl sites for hydroxylation is 2. The maximum absolute atomic E-state index is 12.9. The molecular formula is C15H19BrF3N5O. The molecule has 25 heavy (non-hydrogen) atoms. The van der Waals surface area contributed by atoms with Gasteiger partial charge in [-0.2, -0.15) is 23.4 Å². The maximum Gasteiger partial charge on any atom is 0.436 e. The number of nitrogens with one attached hydrogen (secondary N) is 1. The van der Waals surface area contributed by atoms with E-state index in [1.54, 1.807) is 6.20 Å². The standard InChI is InChI=1S/C15H19BrF3N5O/c1-9-5-7-21-23(9)8-4-6-20-14(25)11(3)24-10(2)12(16)13(22-24)15(17,18)19/h5,7,11H,4,6,8H2,1-3H3,(H,20,25). The zero-order valence-corrected chi connectivity index (χ0v) is 15.6. The Labute approximate surface area is 151 Å². The fourth-order valence-corrected chi connectivity index (χ4v) is 2.87. The molecule has 10 heteroatoms. The third kappa shape index (κ3) is 4.42. The van der Waals surface area contributed by atoms with Crippen LogP contribution in [0.4, 0.5) is 13.2 Å². The average Bonchev–Trinajstić information content (AvgIpc) is 3.07. The number of hydrogen-bond donors (Lipinski definition) is 1. The van der Waals surface area contributed by atoms with E-state index in [1.807, 2.05) is 17.7 Å². The smallest absolute Gasteiger partial charge is 0.354 e. The first kappa shape index (κ1) is 19.5. The number of nitrogens with zero attached hydrogens (tertiary/aromatic N) is 4. The van der Waals surface area contributed by atoms with E-state index >= 15 is 0 Å². The molecular weight excluding hydrogens is 403 g/mol.